The Morgan fingerprint density at radius 1 is 1.10 bits per heavy atom. The predicted octanol–water partition coefficient (Wildman–Crippen LogP) is 7.74. The van der Waals surface area contributed by atoms with Crippen molar-refractivity contribution in [2.45, 2.75) is 38.5 Å². The first kappa shape index (κ1) is 21.1. The fourth-order valence-corrected chi connectivity index (χ4v) is 5.46. The van der Waals surface area contributed by atoms with Gasteiger partial charge in [0.25, 0.3) is 0 Å². The minimum Gasteiger partial charge on any atom is -0.231 e. The molecule has 2 aromatic heterocycles. The lowest BCUT2D eigenvalue weighted by atomic mass is 10.0. The van der Waals surface area contributed by atoms with E-state index in [-0.39, 0.29) is 5.41 Å². The maximum atomic E-state index is 6.59. The third-order valence-electron chi connectivity index (χ3n) is 5.74. The average Bonchev–Trinajstić information content (AvgIpc) is 3.16. The fraction of sp³-hybridized carbons (Fsp3) is 0.261. The Hall–Kier alpha value is -1.73. The molecule has 2 heterocycles. The summed E-state index contributed by atoms with van der Waals surface area (Å²) in [6.07, 6.45) is 3.14. The first-order valence-electron chi connectivity index (χ1n) is 10.1. The van der Waals surface area contributed by atoms with Crippen molar-refractivity contribution in [2.75, 3.05) is 0 Å². The number of hydrogen-bond donors (Lipinski definition) is 0. The van der Waals surface area contributed by atoms with Crippen LogP contribution in [0.3, 0.4) is 0 Å². The molecule has 4 nitrogen and oxygen atoms in total. The molecule has 1 aliphatic carbocycles. The van der Waals surface area contributed by atoms with E-state index in [1.165, 1.54) is 12.8 Å². The first-order valence-corrected chi connectivity index (χ1v) is 12.4. The Labute approximate surface area is 203 Å². The highest BCUT2D eigenvalue weighted by atomic mass is 79.9. The van der Waals surface area contributed by atoms with Crippen molar-refractivity contribution in [3.63, 3.8) is 0 Å². The number of benzene rings is 2. The van der Waals surface area contributed by atoms with Crippen molar-refractivity contribution in [2.24, 2.45) is 0 Å². The SMILES string of the molecule is CCc1c(-c2nnc(C3(C)CC3)s2)nn(-c2ccc(Cl)cc2Cl)c1-c1ccc(Br)cc1. The number of rotatable bonds is 5. The summed E-state index contributed by atoms with van der Waals surface area (Å²) in [5.41, 5.74) is 5.01. The highest BCUT2D eigenvalue weighted by molar-refractivity contribution is 9.10. The quantitative estimate of drug-likeness (QED) is 0.263. The van der Waals surface area contributed by atoms with Gasteiger partial charge in [-0.25, -0.2) is 4.68 Å². The Bertz CT molecular complexity index is 1280. The van der Waals surface area contributed by atoms with E-state index in [2.05, 4.69) is 52.1 Å². The molecule has 0 amide bonds. The summed E-state index contributed by atoms with van der Waals surface area (Å²) >= 11 is 17.9. The summed E-state index contributed by atoms with van der Waals surface area (Å²) in [5, 5.41) is 17.1. The maximum Gasteiger partial charge on any atom is 0.168 e. The molecule has 1 fully saturated rings. The standard InChI is InChI=1S/C23H19BrCl2N4S/c1-3-16-19(21-27-28-22(31-21)23(2)10-11-23)29-30(18-9-8-15(25)12-17(18)26)20(16)13-4-6-14(24)7-5-13/h4-9,12H,3,10-11H2,1-2H3. The molecule has 5 rings (SSSR count). The van der Waals surface area contributed by atoms with Crippen LogP contribution in [0.1, 0.15) is 37.3 Å². The van der Waals surface area contributed by atoms with Crippen molar-refractivity contribution in [1.29, 1.82) is 0 Å². The second-order valence-electron chi connectivity index (χ2n) is 8.02. The van der Waals surface area contributed by atoms with Crippen LogP contribution >= 0.6 is 50.5 Å². The van der Waals surface area contributed by atoms with E-state index >= 15 is 0 Å². The molecule has 0 atom stereocenters. The molecule has 0 N–H and O–H groups in total. The van der Waals surface area contributed by atoms with Gasteiger partial charge in [0.05, 0.1) is 16.4 Å². The highest BCUT2D eigenvalue weighted by Gasteiger charge is 2.42. The molecule has 0 bridgehead atoms. The van der Waals surface area contributed by atoms with E-state index in [4.69, 9.17) is 28.3 Å². The van der Waals surface area contributed by atoms with Gasteiger partial charge in [0.15, 0.2) is 5.01 Å². The van der Waals surface area contributed by atoms with Crippen LogP contribution in [0.4, 0.5) is 0 Å². The van der Waals surface area contributed by atoms with Crippen molar-refractivity contribution in [3.05, 3.63) is 67.6 Å². The second kappa shape index (κ2) is 8.00. The van der Waals surface area contributed by atoms with Gasteiger partial charge in [0, 0.05) is 26.0 Å². The monoisotopic (exact) mass is 532 g/mol. The molecular formula is C23H19BrCl2N4S. The van der Waals surface area contributed by atoms with Gasteiger partial charge < -0.3 is 0 Å². The van der Waals surface area contributed by atoms with Gasteiger partial charge in [-0.05, 0) is 49.6 Å². The Morgan fingerprint density at radius 3 is 2.48 bits per heavy atom. The van der Waals surface area contributed by atoms with E-state index in [1.54, 1.807) is 17.4 Å². The molecule has 4 aromatic rings. The van der Waals surface area contributed by atoms with Crippen LogP contribution < -0.4 is 0 Å². The fourth-order valence-electron chi connectivity index (χ4n) is 3.65. The lowest BCUT2D eigenvalue weighted by molar-refractivity contribution is 0.757. The Morgan fingerprint density at radius 2 is 1.84 bits per heavy atom. The minimum atomic E-state index is 0.179. The van der Waals surface area contributed by atoms with E-state index in [0.29, 0.717) is 10.0 Å². The summed E-state index contributed by atoms with van der Waals surface area (Å²) in [5.74, 6) is 0. The number of halogens is 3. The van der Waals surface area contributed by atoms with Crippen LogP contribution in [-0.2, 0) is 11.8 Å². The number of nitrogens with zero attached hydrogens (tertiary/aromatic N) is 4. The van der Waals surface area contributed by atoms with E-state index in [0.717, 1.165) is 49.1 Å². The number of aromatic nitrogens is 4. The summed E-state index contributed by atoms with van der Waals surface area (Å²) in [4.78, 5) is 0. The molecule has 2 aromatic carbocycles. The van der Waals surface area contributed by atoms with Crippen LogP contribution in [0.25, 0.3) is 27.6 Å². The van der Waals surface area contributed by atoms with Crippen molar-refractivity contribution in [1.82, 2.24) is 20.0 Å². The molecule has 8 heteroatoms. The van der Waals surface area contributed by atoms with Gasteiger partial charge in [-0.3, -0.25) is 0 Å². The summed E-state index contributed by atoms with van der Waals surface area (Å²) in [7, 11) is 0. The van der Waals surface area contributed by atoms with Gasteiger partial charge >= 0.3 is 0 Å². The zero-order chi connectivity index (χ0) is 21.8. The van der Waals surface area contributed by atoms with Gasteiger partial charge in [0.2, 0.25) is 0 Å². The van der Waals surface area contributed by atoms with Crippen LogP contribution in [0, 0.1) is 0 Å². The third kappa shape index (κ3) is 3.84. The van der Waals surface area contributed by atoms with Gasteiger partial charge in [0.1, 0.15) is 10.7 Å². The van der Waals surface area contributed by atoms with Crippen LogP contribution in [-0.4, -0.2) is 20.0 Å². The maximum absolute atomic E-state index is 6.59. The average molecular weight is 534 g/mol. The number of hydrogen-bond acceptors (Lipinski definition) is 4. The van der Waals surface area contributed by atoms with E-state index in [9.17, 15) is 0 Å². The zero-order valence-electron chi connectivity index (χ0n) is 17.0. The highest BCUT2D eigenvalue weighted by Crippen LogP contribution is 2.49. The summed E-state index contributed by atoms with van der Waals surface area (Å²) in [6, 6.07) is 13.7. The second-order valence-corrected chi connectivity index (χ2v) is 10.8. The minimum absolute atomic E-state index is 0.179. The van der Waals surface area contributed by atoms with Crippen LogP contribution in [0.15, 0.2) is 46.9 Å². The lowest BCUT2D eigenvalue weighted by Crippen LogP contribution is -2.01. The topological polar surface area (TPSA) is 43.6 Å². The Balaban J connectivity index is 1.74. The van der Waals surface area contributed by atoms with Crippen molar-refractivity contribution in [3.8, 4) is 27.6 Å². The molecule has 0 unspecified atom stereocenters. The molecule has 0 saturated heterocycles. The van der Waals surface area contributed by atoms with Crippen molar-refractivity contribution < 1.29 is 0 Å². The molecule has 158 valence electrons. The first-order chi connectivity index (χ1) is 14.9. The zero-order valence-corrected chi connectivity index (χ0v) is 20.9. The molecule has 0 radical (unpaired) electrons. The Kier molecular flexibility index (Phi) is 5.45. The molecule has 31 heavy (non-hydrogen) atoms. The molecule has 0 spiro atoms. The van der Waals surface area contributed by atoms with Crippen LogP contribution in [0.2, 0.25) is 10.0 Å². The normalized spacial score (nSPS) is 14.7. The molecule has 1 saturated carbocycles. The van der Waals surface area contributed by atoms with Crippen LogP contribution in [0.5, 0.6) is 0 Å². The van der Waals surface area contributed by atoms with Gasteiger partial charge in [-0.1, -0.05) is 76.4 Å². The molecule has 0 aliphatic heterocycles. The largest absolute Gasteiger partial charge is 0.231 e. The van der Waals surface area contributed by atoms with Gasteiger partial charge in [-0.2, -0.15) is 5.10 Å². The molecule has 1 aliphatic rings. The van der Waals surface area contributed by atoms with E-state index < -0.39 is 0 Å². The van der Waals surface area contributed by atoms with Gasteiger partial charge in [-0.15, -0.1) is 10.2 Å². The summed E-state index contributed by atoms with van der Waals surface area (Å²) < 4.78 is 2.94. The lowest BCUT2D eigenvalue weighted by Gasteiger charge is -2.11. The van der Waals surface area contributed by atoms with E-state index in [1.807, 2.05) is 28.9 Å². The summed E-state index contributed by atoms with van der Waals surface area (Å²) in [6.45, 7) is 4.39. The van der Waals surface area contributed by atoms with Crippen molar-refractivity contribution >= 4 is 50.5 Å². The smallest absolute Gasteiger partial charge is 0.168 e. The predicted molar refractivity (Wildman–Crippen MR) is 132 cm³/mol. The molecular weight excluding hydrogens is 515 g/mol. The third-order valence-corrected chi connectivity index (χ3v) is 8.04.